The van der Waals surface area contributed by atoms with Crippen molar-refractivity contribution < 1.29 is 18.7 Å². The standard InChI is InChI=1S/C22H22FN3O3/c1-29-15-8-10-26(11-9-15)22(28)18-12-14(6-7-19(18)23)13-20-16-4-2-3-5-17(16)21(27)25-24-20/h2-7,12-13,15,24H,8-11H2,1H3,(H,25,27)/b20-13+. The first-order valence-electron chi connectivity index (χ1n) is 9.56. The minimum Gasteiger partial charge on any atom is -0.381 e. The summed E-state index contributed by atoms with van der Waals surface area (Å²) in [6, 6.07) is 11.7. The van der Waals surface area contributed by atoms with Gasteiger partial charge in [-0.15, -0.1) is 0 Å². The molecule has 0 atom stereocenters. The Labute approximate surface area is 168 Å². The summed E-state index contributed by atoms with van der Waals surface area (Å²) in [4.78, 5) is 26.5. The van der Waals surface area contributed by atoms with Crippen LogP contribution in [0.4, 0.5) is 4.39 Å². The van der Waals surface area contributed by atoms with Crippen molar-refractivity contribution >= 4 is 23.6 Å². The van der Waals surface area contributed by atoms with Crippen molar-refractivity contribution in [2.24, 2.45) is 0 Å². The first-order chi connectivity index (χ1) is 14.1. The summed E-state index contributed by atoms with van der Waals surface area (Å²) in [6.45, 7) is 1.09. The molecule has 0 unspecified atom stereocenters. The molecule has 2 aromatic carbocycles. The third kappa shape index (κ3) is 3.86. The summed E-state index contributed by atoms with van der Waals surface area (Å²) in [5.74, 6) is -1.08. The number of piperidine rings is 1. The summed E-state index contributed by atoms with van der Waals surface area (Å²) < 4.78 is 19.8. The molecule has 2 aliphatic rings. The molecule has 29 heavy (non-hydrogen) atoms. The van der Waals surface area contributed by atoms with Gasteiger partial charge in [-0.05, 0) is 42.7 Å². The van der Waals surface area contributed by atoms with Crippen LogP contribution < -0.4 is 10.9 Å². The minimum absolute atomic E-state index is 0.0448. The fraction of sp³-hybridized carbons (Fsp3) is 0.273. The summed E-state index contributed by atoms with van der Waals surface area (Å²) in [7, 11) is 1.67. The predicted octanol–water partition coefficient (Wildman–Crippen LogP) is 2.82. The molecular formula is C22H22FN3O3. The molecule has 7 heteroatoms. The van der Waals surface area contributed by atoms with Crippen LogP contribution >= 0.6 is 0 Å². The summed E-state index contributed by atoms with van der Waals surface area (Å²) >= 11 is 0. The Morgan fingerprint density at radius 1 is 1.14 bits per heavy atom. The Morgan fingerprint density at radius 2 is 1.86 bits per heavy atom. The summed E-state index contributed by atoms with van der Waals surface area (Å²) in [6.07, 6.45) is 3.42. The SMILES string of the molecule is COC1CCN(C(=O)c2cc(/C=C3/NNC(=O)c4ccccc43)ccc2F)CC1. The zero-order valence-electron chi connectivity index (χ0n) is 16.1. The highest BCUT2D eigenvalue weighted by Crippen LogP contribution is 2.24. The molecule has 150 valence electrons. The fourth-order valence-corrected chi connectivity index (χ4v) is 3.72. The lowest BCUT2D eigenvalue weighted by atomic mass is 9.99. The number of fused-ring (bicyclic) bond motifs is 1. The molecule has 2 heterocycles. The number of hydrazine groups is 1. The Morgan fingerprint density at radius 3 is 2.59 bits per heavy atom. The van der Waals surface area contributed by atoms with Gasteiger partial charge in [0.2, 0.25) is 0 Å². The zero-order valence-corrected chi connectivity index (χ0v) is 16.1. The van der Waals surface area contributed by atoms with Crippen LogP contribution in [0.25, 0.3) is 11.8 Å². The van der Waals surface area contributed by atoms with Crippen molar-refractivity contribution in [3.63, 3.8) is 0 Å². The number of hydrogen-bond donors (Lipinski definition) is 2. The minimum atomic E-state index is -0.545. The molecule has 6 nitrogen and oxygen atoms in total. The monoisotopic (exact) mass is 395 g/mol. The normalized spacial score (nSPS) is 18.2. The molecule has 0 aliphatic carbocycles. The summed E-state index contributed by atoms with van der Waals surface area (Å²) in [5.41, 5.74) is 8.15. The number of nitrogens with one attached hydrogen (secondary N) is 2. The van der Waals surface area contributed by atoms with E-state index in [0.717, 1.165) is 18.4 Å². The van der Waals surface area contributed by atoms with E-state index in [4.69, 9.17) is 4.74 Å². The fourth-order valence-electron chi connectivity index (χ4n) is 3.72. The highest BCUT2D eigenvalue weighted by Gasteiger charge is 2.25. The highest BCUT2D eigenvalue weighted by atomic mass is 19.1. The molecule has 1 fully saturated rings. The number of halogens is 1. The van der Waals surface area contributed by atoms with Crippen LogP contribution in [0.15, 0.2) is 42.5 Å². The van der Waals surface area contributed by atoms with E-state index in [1.54, 1.807) is 42.4 Å². The number of ether oxygens (including phenoxy) is 1. The average Bonchev–Trinajstić information content (AvgIpc) is 2.77. The maximum Gasteiger partial charge on any atom is 0.270 e. The van der Waals surface area contributed by atoms with Crippen molar-refractivity contribution in [2.75, 3.05) is 20.2 Å². The van der Waals surface area contributed by atoms with E-state index in [1.807, 2.05) is 12.1 Å². The van der Waals surface area contributed by atoms with Gasteiger partial charge >= 0.3 is 0 Å². The van der Waals surface area contributed by atoms with Crippen molar-refractivity contribution in [2.45, 2.75) is 18.9 Å². The molecule has 2 amide bonds. The maximum absolute atomic E-state index is 14.4. The van der Waals surface area contributed by atoms with Gasteiger partial charge < -0.3 is 9.64 Å². The van der Waals surface area contributed by atoms with Crippen LogP contribution in [0.1, 0.15) is 44.7 Å². The van der Waals surface area contributed by atoms with Gasteiger partial charge in [-0.25, -0.2) is 4.39 Å². The van der Waals surface area contributed by atoms with Crippen LogP contribution in [0.2, 0.25) is 0 Å². The van der Waals surface area contributed by atoms with Gasteiger partial charge in [0.05, 0.1) is 22.9 Å². The van der Waals surface area contributed by atoms with Crippen LogP contribution in [0.5, 0.6) is 0 Å². The lowest BCUT2D eigenvalue weighted by molar-refractivity contribution is 0.0348. The Kier molecular flexibility index (Phi) is 5.31. The number of likely N-dealkylation sites (tertiary alicyclic amines) is 1. The van der Waals surface area contributed by atoms with E-state index in [0.29, 0.717) is 29.9 Å². The number of carbonyl (C=O) groups is 2. The maximum atomic E-state index is 14.4. The van der Waals surface area contributed by atoms with E-state index < -0.39 is 5.82 Å². The molecule has 1 saturated heterocycles. The Hall–Kier alpha value is -3.19. The molecule has 2 N–H and O–H groups in total. The topological polar surface area (TPSA) is 70.7 Å². The molecule has 2 aromatic rings. The summed E-state index contributed by atoms with van der Waals surface area (Å²) in [5, 5.41) is 0. The number of rotatable bonds is 3. The predicted molar refractivity (Wildman–Crippen MR) is 107 cm³/mol. The number of hydrogen-bond acceptors (Lipinski definition) is 4. The number of carbonyl (C=O) groups excluding carboxylic acids is 2. The van der Waals surface area contributed by atoms with E-state index in [9.17, 15) is 14.0 Å². The largest absolute Gasteiger partial charge is 0.381 e. The van der Waals surface area contributed by atoms with Crippen molar-refractivity contribution in [1.29, 1.82) is 0 Å². The lowest BCUT2D eigenvalue weighted by Crippen LogP contribution is -2.41. The third-order valence-electron chi connectivity index (χ3n) is 5.37. The van der Waals surface area contributed by atoms with Gasteiger partial charge in [0.15, 0.2) is 0 Å². The average molecular weight is 395 g/mol. The Bertz CT molecular complexity index is 981. The number of benzene rings is 2. The second-order valence-electron chi connectivity index (χ2n) is 7.15. The first kappa shape index (κ1) is 19.1. The molecule has 0 aromatic heterocycles. The third-order valence-corrected chi connectivity index (χ3v) is 5.37. The smallest absolute Gasteiger partial charge is 0.270 e. The van der Waals surface area contributed by atoms with Crippen LogP contribution in [0.3, 0.4) is 0 Å². The van der Waals surface area contributed by atoms with Crippen molar-refractivity contribution in [3.05, 3.63) is 70.5 Å². The number of methoxy groups -OCH3 is 1. The molecule has 0 saturated carbocycles. The van der Waals surface area contributed by atoms with E-state index in [1.165, 1.54) is 6.07 Å². The molecule has 0 bridgehead atoms. The Balaban J connectivity index is 1.61. The van der Waals surface area contributed by atoms with Crippen molar-refractivity contribution in [1.82, 2.24) is 15.8 Å². The first-order valence-corrected chi connectivity index (χ1v) is 9.56. The number of amides is 2. The van der Waals surface area contributed by atoms with E-state index in [-0.39, 0.29) is 23.5 Å². The van der Waals surface area contributed by atoms with Gasteiger partial charge in [0.25, 0.3) is 11.8 Å². The van der Waals surface area contributed by atoms with E-state index in [2.05, 4.69) is 10.9 Å². The molecule has 4 rings (SSSR count). The quantitative estimate of drug-likeness (QED) is 0.839. The van der Waals surface area contributed by atoms with Gasteiger partial charge in [-0.3, -0.25) is 20.4 Å². The second-order valence-corrected chi connectivity index (χ2v) is 7.15. The van der Waals surface area contributed by atoms with Gasteiger partial charge in [0, 0.05) is 25.8 Å². The number of nitrogens with zero attached hydrogens (tertiary/aromatic N) is 1. The molecule has 2 aliphatic heterocycles. The van der Waals surface area contributed by atoms with Crippen molar-refractivity contribution in [3.8, 4) is 0 Å². The van der Waals surface area contributed by atoms with Gasteiger partial charge in [-0.1, -0.05) is 24.3 Å². The van der Waals surface area contributed by atoms with Crippen LogP contribution in [-0.2, 0) is 4.74 Å². The molecular weight excluding hydrogens is 373 g/mol. The van der Waals surface area contributed by atoms with Crippen LogP contribution in [-0.4, -0.2) is 43.0 Å². The zero-order chi connectivity index (χ0) is 20.4. The molecule has 0 radical (unpaired) electrons. The van der Waals surface area contributed by atoms with Crippen LogP contribution in [0, 0.1) is 5.82 Å². The van der Waals surface area contributed by atoms with E-state index >= 15 is 0 Å². The highest BCUT2D eigenvalue weighted by molar-refractivity contribution is 6.03. The van der Waals surface area contributed by atoms with Gasteiger partial charge in [-0.2, -0.15) is 0 Å². The molecule has 0 spiro atoms. The lowest BCUT2D eigenvalue weighted by Gasteiger charge is -2.31. The second kappa shape index (κ2) is 8.05. The van der Waals surface area contributed by atoms with Gasteiger partial charge in [0.1, 0.15) is 5.82 Å².